The van der Waals surface area contributed by atoms with Crippen LogP contribution in [0.5, 0.6) is 28.7 Å². The highest BCUT2D eigenvalue weighted by Crippen LogP contribution is 2.39. The first kappa shape index (κ1) is 24.7. The van der Waals surface area contributed by atoms with Crippen LogP contribution in [-0.4, -0.2) is 42.0 Å². The Morgan fingerprint density at radius 3 is 2.06 bits per heavy atom. The summed E-state index contributed by atoms with van der Waals surface area (Å²) in [6.07, 6.45) is 3.26. The highest BCUT2D eigenvalue weighted by atomic mass is 32.2. The van der Waals surface area contributed by atoms with Crippen LogP contribution in [0.2, 0.25) is 0 Å². The van der Waals surface area contributed by atoms with Gasteiger partial charge in [0.25, 0.3) is 10.0 Å². The van der Waals surface area contributed by atoms with Crippen molar-refractivity contribution in [3.63, 3.8) is 0 Å². The predicted molar refractivity (Wildman–Crippen MR) is 127 cm³/mol. The average Bonchev–Trinajstić information content (AvgIpc) is 2.82. The van der Waals surface area contributed by atoms with Gasteiger partial charge in [-0.05, 0) is 42.0 Å². The molecule has 0 amide bonds. The number of aromatic hydroxyl groups is 1. The summed E-state index contributed by atoms with van der Waals surface area (Å²) in [6, 6.07) is 10.7. The first-order valence-corrected chi connectivity index (χ1v) is 11.4. The second-order valence-corrected chi connectivity index (χ2v) is 8.65. The first-order chi connectivity index (χ1) is 16.2. The molecular formula is C24H24FNO7S. The molecule has 0 aromatic heterocycles. The van der Waals surface area contributed by atoms with Crippen molar-refractivity contribution in [3.05, 3.63) is 65.5 Å². The molecule has 2 N–H and O–H groups in total. The Bertz CT molecular complexity index is 1300. The molecule has 0 bridgehead atoms. The van der Waals surface area contributed by atoms with Gasteiger partial charge in [0.05, 0.1) is 39.0 Å². The summed E-state index contributed by atoms with van der Waals surface area (Å²) in [5.74, 6) is 0.473. The van der Waals surface area contributed by atoms with E-state index in [-0.39, 0.29) is 22.1 Å². The van der Waals surface area contributed by atoms with Gasteiger partial charge in [-0.2, -0.15) is 0 Å². The minimum Gasteiger partial charge on any atom is -0.504 e. The van der Waals surface area contributed by atoms with Gasteiger partial charge in [0.15, 0.2) is 23.0 Å². The monoisotopic (exact) mass is 489 g/mol. The Hall–Kier alpha value is -3.92. The summed E-state index contributed by atoms with van der Waals surface area (Å²) in [6.45, 7) is 0. The van der Waals surface area contributed by atoms with Crippen LogP contribution in [0.15, 0.2) is 53.4 Å². The number of phenolic OH excluding ortho intramolecular Hbond substituents is 1. The molecule has 180 valence electrons. The molecule has 3 rings (SSSR count). The van der Waals surface area contributed by atoms with Gasteiger partial charge in [0.2, 0.25) is 5.75 Å². The van der Waals surface area contributed by atoms with Crippen molar-refractivity contribution in [1.82, 2.24) is 0 Å². The zero-order chi connectivity index (χ0) is 24.9. The number of phenols is 1. The topological polar surface area (TPSA) is 103 Å². The first-order valence-electron chi connectivity index (χ1n) is 9.90. The third-order valence-corrected chi connectivity index (χ3v) is 6.21. The maximum atomic E-state index is 13.6. The molecule has 0 heterocycles. The van der Waals surface area contributed by atoms with Crippen LogP contribution < -0.4 is 23.7 Å². The van der Waals surface area contributed by atoms with Crippen LogP contribution in [0.3, 0.4) is 0 Å². The Labute approximate surface area is 197 Å². The van der Waals surface area contributed by atoms with E-state index in [1.807, 2.05) is 0 Å². The molecule has 0 unspecified atom stereocenters. The van der Waals surface area contributed by atoms with Crippen molar-refractivity contribution in [1.29, 1.82) is 0 Å². The maximum Gasteiger partial charge on any atom is 0.262 e. The number of hydrogen-bond donors (Lipinski definition) is 2. The number of hydrogen-bond acceptors (Lipinski definition) is 7. The summed E-state index contributed by atoms with van der Waals surface area (Å²) < 4.78 is 62.8. The van der Waals surface area contributed by atoms with Gasteiger partial charge in [-0.25, -0.2) is 12.8 Å². The lowest BCUT2D eigenvalue weighted by molar-refractivity contribution is 0.324. The standard InChI is InChI=1S/C24H24FNO7S/c1-30-21-14-19(26-34(28,29)18-7-5-6-17(25)13-18)16(12-20(21)27)9-8-15-10-22(31-2)24(33-4)23(11-15)32-3/h5-14,26-27H,1-4H3/b9-8-. The van der Waals surface area contributed by atoms with Gasteiger partial charge in [0, 0.05) is 11.6 Å². The maximum absolute atomic E-state index is 13.6. The van der Waals surface area contributed by atoms with Crippen LogP contribution in [-0.2, 0) is 10.0 Å². The lowest BCUT2D eigenvalue weighted by Crippen LogP contribution is -2.14. The molecule has 0 aliphatic heterocycles. The molecule has 8 nitrogen and oxygen atoms in total. The Balaban J connectivity index is 2.06. The second kappa shape index (κ2) is 10.3. The number of rotatable bonds is 9. The smallest absolute Gasteiger partial charge is 0.262 e. The van der Waals surface area contributed by atoms with E-state index in [9.17, 15) is 17.9 Å². The molecule has 0 aliphatic rings. The molecule has 34 heavy (non-hydrogen) atoms. The van der Waals surface area contributed by atoms with Crippen molar-refractivity contribution in [2.24, 2.45) is 0 Å². The molecule has 0 spiro atoms. The molecule has 0 fully saturated rings. The quantitative estimate of drug-likeness (QED) is 0.336. The number of ether oxygens (including phenoxy) is 4. The highest BCUT2D eigenvalue weighted by molar-refractivity contribution is 7.92. The Morgan fingerprint density at radius 1 is 0.853 bits per heavy atom. The fourth-order valence-electron chi connectivity index (χ4n) is 3.20. The summed E-state index contributed by atoms with van der Waals surface area (Å²) in [4.78, 5) is -0.251. The van der Waals surface area contributed by atoms with E-state index in [4.69, 9.17) is 18.9 Å². The minimum absolute atomic E-state index is 0.0573. The summed E-state index contributed by atoms with van der Waals surface area (Å²) in [5.41, 5.74) is 1.10. The number of sulfonamides is 1. The van der Waals surface area contributed by atoms with Gasteiger partial charge in [-0.3, -0.25) is 4.72 Å². The summed E-state index contributed by atoms with van der Waals surface area (Å²) in [5, 5.41) is 10.3. The molecule has 0 aliphatic carbocycles. The lowest BCUT2D eigenvalue weighted by Gasteiger charge is -2.14. The van der Waals surface area contributed by atoms with Crippen molar-refractivity contribution in [3.8, 4) is 28.7 Å². The van der Waals surface area contributed by atoms with Gasteiger partial charge in [0.1, 0.15) is 5.82 Å². The zero-order valence-corrected chi connectivity index (χ0v) is 19.8. The van der Waals surface area contributed by atoms with E-state index < -0.39 is 15.8 Å². The molecule has 10 heteroatoms. The third kappa shape index (κ3) is 5.34. The van der Waals surface area contributed by atoms with Crippen molar-refractivity contribution in [2.45, 2.75) is 4.90 Å². The van der Waals surface area contributed by atoms with Crippen LogP contribution in [0, 0.1) is 5.82 Å². The number of methoxy groups -OCH3 is 4. The predicted octanol–water partition coefficient (Wildman–Crippen LogP) is 4.54. The van der Waals surface area contributed by atoms with E-state index in [2.05, 4.69) is 4.72 Å². The molecule has 0 radical (unpaired) electrons. The molecule has 0 saturated carbocycles. The fraction of sp³-hybridized carbons (Fsp3) is 0.167. The summed E-state index contributed by atoms with van der Waals surface area (Å²) in [7, 11) is 1.69. The number of anilines is 1. The number of nitrogens with one attached hydrogen (secondary N) is 1. The van der Waals surface area contributed by atoms with Crippen molar-refractivity contribution >= 4 is 27.9 Å². The van der Waals surface area contributed by atoms with Gasteiger partial charge in [-0.15, -0.1) is 0 Å². The van der Waals surface area contributed by atoms with E-state index in [1.165, 1.54) is 52.7 Å². The molecule has 0 atom stereocenters. The average molecular weight is 490 g/mol. The van der Waals surface area contributed by atoms with Crippen LogP contribution in [0.4, 0.5) is 10.1 Å². The SMILES string of the molecule is COc1cc(NS(=O)(=O)c2cccc(F)c2)c(/C=C\c2cc(OC)c(OC)c(OC)c2)cc1O. The van der Waals surface area contributed by atoms with Crippen LogP contribution in [0.1, 0.15) is 11.1 Å². The Morgan fingerprint density at radius 2 is 1.50 bits per heavy atom. The van der Waals surface area contributed by atoms with E-state index in [0.717, 1.165) is 12.1 Å². The normalized spacial score (nSPS) is 11.3. The van der Waals surface area contributed by atoms with Gasteiger partial charge in [-0.1, -0.05) is 18.2 Å². The van der Waals surface area contributed by atoms with E-state index >= 15 is 0 Å². The summed E-state index contributed by atoms with van der Waals surface area (Å²) >= 11 is 0. The highest BCUT2D eigenvalue weighted by Gasteiger charge is 2.18. The van der Waals surface area contributed by atoms with Crippen LogP contribution in [0.25, 0.3) is 12.2 Å². The number of benzene rings is 3. The van der Waals surface area contributed by atoms with E-state index in [1.54, 1.807) is 24.3 Å². The molecule has 0 saturated heterocycles. The van der Waals surface area contributed by atoms with Gasteiger partial charge < -0.3 is 24.1 Å². The molecular weight excluding hydrogens is 465 g/mol. The van der Waals surface area contributed by atoms with Crippen molar-refractivity contribution < 1.29 is 36.9 Å². The number of halogens is 1. The van der Waals surface area contributed by atoms with Crippen LogP contribution >= 0.6 is 0 Å². The second-order valence-electron chi connectivity index (χ2n) is 6.97. The van der Waals surface area contributed by atoms with Crippen molar-refractivity contribution in [2.75, 3.05) is 33.2 Å². The van der Waals surface area contributed by atoms with E-state index in [0.29, 0.717) is 28.4 Å². The zero-order valence-electron chi connectivity index (χ0n) is 19.0. The molecule has 3 aromatic carbocycles. The fourth-order valence-corrected chi connectivity index (χ4v) is 4.31. The minimum atomic E-state index is -4.13. The largest absolute Gasteiger partial charge is 0.504 e. The molecule has 3 aromatic rings. The third-order valence-electron chi connectivity index (χ3n) is 4.84. The lowest BCUT2D eigenvalue weighted by atomic mass is 10.1. The van der Waals surface area contributed by atoms with Gasteiger partial charge >= 0.3 is 0 Å². The Kier molecular flexibility index (Phi) is 7.52.